The van der Waals surface area contributed by atoms with Crippen molar-refractivity contribution >= 4 is 5.91 Å². The van der Waals surface area contributed by atoms with Gasteiger partial charge in [-0.2, -0.15) is 0 Å². The van der Waals surface area contributed by atoms with Gasteiger partial charge in [-0.05, 0) is 41.8 Å². The van der Waals surface area contributed by atoms with E-state index in [0.717, 1.165) is 45.0 Å². The molecule has 0 bridgehead atoms. The lowest BCUT2D eigenvalue weighted by atomic mass is 9.94. The highest BCUT2D eigenvalue weighted by atomic mass is 16.6. The first kappa shape index (κ1) is 22.6. The van der Waals surface area contributed by atoms with E-state index in [2.05, 4.69) is 35.8 Å². The number of hydrogen-bond acceptors (Lipinski definition) is 6. The Bertz CT molecular complexity index is 1150. The average molecular weight is 448 g/mol. The van der Waals surface area contributed by atoms with Crippen molar-refractivity contribution in [1.29, 1.82) is 0 Å². The SMILES string of the molecule is COc1nc(-c2cccc(-c3ccc4c(c3)OCCO4)c2C)ccc1CNCCNC(C)=O. The molecule has 33 heavy (non-hydrogen) atoms. The lowest BCUT2D eigenvalue weighted by Gasteiger charge is -2.20. The van der Waals surface area contributed by atoms with E-state index in [1.54, 1.807) is 7.11 Å². The molecule has 1 aromatic heterocycles. The van der Waals surface area contributed by atoms with Crippen LogP contribution in [0.2, 0.25) is 0 Å². The van der Waals surface area contributed by atoms with Crippen LogP contribution in [0.25, 0.3) is 22.4 Å². The highest BCUT2D eigenvalue weighted by Gasteiger charge is 2.16. The first-order chi connectivity index (χ1) is 16.1. The van der Waals surface area contributed by atoms with Crippen LogP contribution in [-0.2, 0) is 11.3 Å². The zero-order chi connectivity index (χ0) is 23.2. The van der Waals surface area contributed by atoms with E-state index in [1.165, 1.54) is 6.92 Å². The van der Waals surface area contributed by atoms with E-state index < -0.39 is 0 Å². The number of amides is 1. The van der Waals surface area contributed by atoms with E-state index in [-0.39, 0.29) is 5.91 Å². The third-order valence-electron chi connectivity index (χ3n) is 5.59. The number of pyridine rings is 1. The maximum atomic E-state index is 11.0. The Labute approximate surface area is 194 Å². The fourth-order valence-corrected chi connectivity index (χ4v) is 3.92. The van der Waals surface area contributed by atoms with Gasteiger partial charge in [0.1, 0.15) is 13.2 Å². The van der Waals surface area contributed by atoms with Crippen LogP contribution >= 0.6 is 0 Å². The summed E-state index contributed by atoms with van der Waals surface area (Å²) >= 11 is 0. The molecule has 2 aromatic carbocycles. The molecule has 1 aliphatic rings. The minimum Gasteiger partial charge on any atom is -0.486 e. The third kappa shape index (κ3) is 5.26. The molecule has 0 saturated carbocycles. The molecule has 0 fully saturated rings. The summed E-state index contributed by atoms with van der Waals surface area (Å²) in [7, 11) is 1.63. The number of fused-ring (bicyclic) bond motifs is 1. The monoisotopic (exact) mass is 447 g/mol. The van der Waals surface area contributed by atoms with Crippen molar-refractivity contribution in [2.24, 2.45) is 0 Å². The predicted molar refractivity (Wildman–Crippen MR) is 128 cm³/mol. The fourth-order valence-electron chi connectivity index (χ4n) is 3.92. The van der Waals surface area contributed by atoms with E-state index in [1.807, 2.05) is 30.3 Å². The summed E-state index contributed by atoms with van der Waals surface area (Å²) in [6.45, 7) is 6.61. The lowest BCUT2D eigenvalue weighted by Crippen LogP contribution is -2.30. The zero-order valence-electron chi connectivity index (χ0n) is 19.2. The fraction of sp³-hybridized carbons (Fsp3) is 0.308. The molecule has 0 atom stereocenters. The number of ether oxygens (including phenoxy) is 3. The van der Waals surface area contributed by atoms with Crippen molar-refractivity contribution in [2.75, 3.05) is 33.4 Å². The van der Waals surface area contributed by atoms with Gasteiger partial charge in [0.25, 0.3) is 0 Å². The number of methoxy groups -OCH3 is 1. The van der Waals surface area contributed by atoms with E-state index in [4.69, 9.17) is 19.2 Å². The molecule has 172 valence electrons. The van der Waals surface area contributed by atoms with Gasteiger partial charge in [-0.1, -0.05) is 30.3 Å². The number of carbonyl (C=O) groups excluding carboxylic acids is 1. The van der Waals surface area contributed by atoms with Crippen molar-refractivity contribution in [2.45, 2.75) is 20.4 Å². The van der Waals surface area contributed by atoms with Gasteiger partial charge in [0, 0.05) is 37.7 Å². The number of aromatic nitrogens is 1. The molecule has 7 heteroatoms. The Balaban J connectivity index is 1.56. The molecule has 2 N–H and O–H groups in total. The van der Waals surface area contributed by atoms with Crippen molar-refractivity contribution < 1.29 is 19.0 Å². The summed E-state index contributed by atoms with van der Waals surface area (Å²) in [6.07, 6.45) is 0. The second-order valence-corrected chi connectivity index (χ2v) is 7.86. The van der Waals surface area contributed by atoms with Crippen LogP contribution in [0.5, 0.6) is 17.4 Å². The summed E-state index contributed by atoms with van der Waals surface area (Å²) < 4.78 is 17.0. The van der Waals surface area contributed by atoms with Crippen molar-refractivity contribution in [3.63, 3.8) is 0 Å². The van der Waals surface area contributed by atoms with Crippen molar-refractivity contribution in [3.05, 3.63) is 59.7 Å². The highest BCUT2D eigenvalue weighted by molar-refractivity contribution is 5.78. The molecule has 0 saturated heterocycles. The minimum atomic E-state index is -0.0331. The largest absolute Gasteiger partial charge is 0.486 e. The quantitative estimate of drug-likeness (QED) is 0.512. The summed E-state index contributed by atoms with van der Waals surface area (Å²) in [5.74, 6) is 2.11. The molecule has 0 aliphatic carbocycles. The van der Waals surface area contributed by atoms with Crippen molar-refractivity contribution in [3.8, 4) is 39.8 Å². The van der Waals surface area contributed by atoms with Gasteiger partial charge >= 0.3 is 0 Å². The third-order valence-corrected chi connectivity index (χ3v) is 5.59. The topological polar surface area (TPSA) is 81.7 Å². The number of nitrogens with zero attached hydrogens (tertiary/aromatic N) is 1. The Morgan fingerprint density at radius 2 is 1.82 bits per heavy atom. The van der Waals surface area contributed by atoms with E-state index >= 15 is 0 Å². The molecular formula is C26H29N3O4. The number of benzene rings is 2. The summed E-state index contributed by atoms with van der Waals surface area (Å²) in [4.78, 5) is 15.8. The van der Waals surface area contributed by atoms with Gasteiger partial charge < -0.3 is 24.8 Å². The van der Waals surface area contributed by atoms with Gasteiger partial charge in [-0.3, -0.25) is 4.79 Å². The summed E-state index contributed by atoms with van der Waals surface area (Å²) in [5.41, 5.74) is 6.19. The second kappa shape index (κ2) is 10.4. The maximum absolute atomic E-state index is 11.0. The second-order valence-electron chi connectivity index (χ2n) is 7.86. The standard InChI is InChI=1S/C26H29N3O4/c1-17-21(19-8-10-24-25(15-19)33-14-13-32-24)5-4-6-22(17)23-9-7-20(26(29-23)31-3)16-27-11-12-28-18(2)30/h4-10,15,27H,11-14,16H2,1-3H3,(H,28,30). The van der Waals surface area contributed by atoms with Gasteiger partial charge in [-0.15, -0.1) is 0 Å². The molecule has 4 rings (SSSR count). The van der Waals surface area contributed by atoms with Gasteiger partial charge in [-0.25, -0.2) is 4.98 Å². The Kier molecular flexibility index (Phi) is 7.10. The lowest BCUT2D eigenvalue weighted by molar-refractivity contribution is -0.118. The van der Waals surface area contributed by atoms with Crippen LogP contribution in [0.4, 0.5) is 0 Å². The van der Waals surface area contributed by atoms with Crippen LogP contribution < -0.4 is 24.8 Å². The maximum Gasteiger partial charge on any atom is 0.218 e. The predicted octanol–water partition coefficient (Wildman–Crippen LogP) is 3.73. The number of carbonyl (C=O) groups is 1. The molecule has 7 nitrogen and oxygen atoms in total. The zero-order valence-corrected chi connectivity index (χ0v) is 19.2. The molecule has 3 aromatic rings. The number of rotatable bonds is 8. The van der Waals surface area contributed by atoms with Crippen LogP contribution in [0.15, 0.2) is 48.5 Å². The molecule has 0 spiro atoms. The summed E-state index contributed by atoms with van der Waals surface area (Å²) in [5, 5.41) is 6.07. The molecule has 1 aliphatic heterocycles. The van der Waals surface area contributed by atoms with Crippen LogP contribution in [0.1, 0.15) is 18.1 Å². The van der Waals surface area contributed by atoms with Crippen LogP contribution in [0, 0.1) is 6.92 Å². The molecule has 0 radical (unpaired) electrons. The molecule has 0 unspecified atom stereocenters. The first-order valence-electron chi connectivity index (χ1n) is 11.1. The first-order valence-corrected chi connectivity index (χ1v) is 11.1. The normalized spacial score (nSPS) is 12.3. The van der Waals surface area contributed by atoms with Gasteiger partial charge in [0.05, 0.1) is 12.8 Å². The van der Waals surface area contributed by atoms with Crippen molar-refractivity contribution in [1.82, 2.24) is 15.6 Å². The smallest absolute Gasteiger partial charge is 0.218 e. The van der Waals surface area contributed by atoms with Gasteiger partial charge in [0.15, 0.2) is 11.5 Å². The molecular weight excluding hydrogens is 418 g/mol. The van der Waals surface area contributed by atoms with Crippen LogP contribution in [0.3, 0.4) is 0 Å². The van der Waals surface area contributed by atoms with Crippen LogP contribution in [-0.4, -0.2) is 44.3 Å². The molecule has 1 amide bonds. The summed E-state index contributed by atoms with van der Waals surface area (Å²) in [6, 6.07) is 16.3. The molecule has 2 heterocycles. The van der Waals surface area contributed by atoms with Gasteiger partial charge in [0.2, 0.25) is 11.8 Å². The average Bonchev–Trinajstić information content (AvgIpc) is 2.83. The minimum absolute atomic E-state index is 0.0331. The number of hydrogen-bond donors (Lipinski definition) is 2. The Morgan fingerprint density at radius 1 is 1.03 bits per heavy atom. The number of nitrogens with one attached hydrogen (secondary N) is 2. The van der Waals surface area contributed by atoms with E-state index in [0.29, 0.717) is 38.7 Å². The Hall–Kier alpha value is -3.58. The Morgan fingerprint density at radius 3 is 2.61 bits per heavy atom. The van der Waals surface area contributed by atoms with E-state index in [9.17, 15) is 4.79 Å². The highest BCUT2D eigenvalue weighted by Crippen LogP contribution is 2.37.